The van der Waals surface area contributed by atoms with Crippen LogP contribution in [0, 0.1) is 17.8 Å². The molecule has 0 amide bonds. The third-order valence-corrected chi connectivity index (χ3v) is 3.73. The Morgan fingerprint density at radius 2 is 2.08 bits per heavy atom. The molecule has 1 aliphatic carbocycles. The lowest BCUT2D eigenvalue weighted by atomic mass is 9.72. The largest absolute Gasteiger partial charge is 0.330 e. The number of likely N-dealkylation sites (tertiary alicyclic amines) is 1. The van der Waals surface area contributed by atoms with Crippen molar-refractivity contribution in [3.63, 3.8) is 0 Å². The highest BCUT2D eigenvalue weighted by molar-refractivity contribution is 4.90. The summed E-state index contributed by atoms with van der Waals surface area (Å²) < 4.78 is 0. The van der Waals surface area contributed by atoms with Gasteiger partial charge in [0.1, 0.15) is 0 Å². The normalized spacial score (nSPS) is 38.5. The minimum absolute atomic E-state index is 0.792. The van der Waals surface area contributed by atoms with Gasteiger partial charge in [-0.1, -0.05) is 19.3 Å². The summed E-state index contributed by atoms with van der Waals surface area (Å²) in [5.74, 6) is 2.73. The molecule has 2 unspecified atom stereocenters. The quantitative estimate of drug-likeness (QED) is 0.664. The van der Waals surface area contributed by atoms with Gasteiger partial charge in [-0.25, -0.2) is 0 Å². The van der Waals surface area contributed by atoms with E-state index in [1.807, 2.05) is 0 Å². The molecule has 2 rings (SSSR count). The fraction of sp³-hybridized carbons (Fsp3) is 1.00. The topological polar surface area (TPSA) is 29.3 Å². The van der Waals surface area contributed by atoms with E-state index in [1.54, 1.807) is 0 Å². The average Bonchev–Trinajstić information content (AvgIpc) is 2.27. The fourth-order valence-electron chi connectivity index (χ4n) is 2.77. The summed E-state index contributed by atoms with van der Waals surface area (Å²) >= 11 is 0. The van der Waals surface area contributed by atoms with Crippen LogP contribution < -0.4 is 5.73 Å². The second-order valence-corrected chi connectivity index (χ2v) is 4.57. The molecule has 2 atom stereocenters. The third kappa shape index (κ3) is 1.38. The van der Waals surface area contributed by atoms with E-state index in [1.165, 1.54) is 32.4 Å². The maximum atomic E-state index is 5.78. The second-order valence-electron chi connectivity index (χ2n) is 4.57. The zero-order valence-electron chi connectivity index (χ0n) is 8.00. The molecule has 1 saturated carbocycles. The zero-order valence-corrected chi connectivity index (χ0v) is 8.00. The molecule has 1 aliphatic heterocycles. The van der Waals surface area contributed by atoms with Crippen LogP contribution in [-0.2, 0) is 0 Å². The fourth-order valence-corrected chi connectivity index (χ4v) is 2.77. The number of hydrogen-bond acceptors (Lipinski definition) is 2. The third-order valence-electron chi connectivity index (χ3n) is 3.73. The van der Waals surface area contributed by atoms with Gasteiger partial charge in [-0.05, 0) is 31.3 Å². The maximum Gasteiger partial charge on any atom is 0.00220 e. The molecule has 2 N–H and O–H groups in total. The van der Waals surface area contributed by atoms with Crippen LogP contribution in [0.5, 0.6) is 0 Å². The average molecular weight is 168 g/mol. The van der Waals surface area contributed by atoms with Gasteiger partial charge in [0.05, 0.1) is 0 Å². The Morgan fingerprint density at radius 3 is 2.58 bits per heavy atom. The smallest absolute Gasteiger partial charge is 0.00220 e. The van der Waals surface area contributed by atoms with Gasteiger partial charge in [-0.2, -0.15) is 0 Å². The van der Waals surface area contributed by atoms with Crippen LogP contribution in [0.25, 0.3) is 0 Å². The molecule has 70 valence electrons. The van der Waals surface area contributed by atoms with E-state index < -0.39 is 0 Å². The van der Waals surface area contributed by atoms with Gasteiger partial charge in [-0.15, -0.1) is 0 Å². The highest BCUT2D eigenvalue weighted by atomic mass is 15.1. The minimum atomic E-state index is 0.792. The van der Waals surface area contributed by atoms with Crippen molar-refractivity contribution in [1.29, 1.82) is 0 Å². The monoisotopic (exact) mass is 168 g/mol. The van der Waals surface area contributed by atoms with E-state index in [-0.39, 0.29) is 0 Å². The summed E-state index contributed by atoms with van der Waals surface area (Å²) in [6.45, 7) is 3.43. The minimum Gasteiger partial charge on any atom is -0.330 e. The van der Waals surface area contributed by atoms with E-state index in [0.29, 0.717) is 0 Å². The summed E-state index contributed by atoms with van der Waals surface area (Å²) in [4.78, 5) is 2.44. The summed E-state index contributed by atoms with van der Waals surface area (Å²) in [6.07, 6.45) is 4.40. The van der Waals surface area contributed by atoms with Crippen LogP contribution in [0.15, 0.2) is 0 Å². The maximum absolute atomic E-state index is 5.78. The summed E-state index contributed by atoms with van der Waals surface area (Å²) in [5, 5.41) is 0. The predicted octanol–water partition coefficient (Wildman–Crippen LogP) is 0.923. The Labute approximate surface area is 75.1 Å². The summed E-state index contributed by atoms with van der Waals surface area (Å²) in [5.41, 5.74) is 5.78. The van der Waals surface area contributed by atoms with Crippen LogP contribution in [0.4, 0.5) is 0 Å². The molecular weight excluding hydrogens is 148 g/mol. The molecule has 2 heteroatoms. The second kappa shape index (κ2) is 3.35. The van der Waals surface area contributed by atoms with Crippen LogP contribution in [0.3, 0.4) is 0 Å². The van der Waals surface area contributed by atoms with Gasteiger partial charge in [0.2, 0.25) is 0 Å². The van der Waals surface area contributed by atoms with Gasteiger partial charge in [-0.3, -0.25) is 0 Å². The molecule has 1 heterocycles. The number of nitrogens with two attached hydrogens (primary N) is 1. The number of rotatable bonds is 2. The van der Waals surface area contributed by atoms with E-state index in [9.17, 15) is 0 Å². The van der Waals surface area contributed by atoms with Crippen molar-refractivity contribution in [3.8, 4) is 0 Å². The Balaban J connectivity index is 1.93. The van der Waals surface area contributed by atoms with E-state index in [2.05, 4.69) is 11.9 Å². The molecule has 12 heavy (non-hydrogen) atoms. The molecule has 0 spiro atoms. The molecular formula is C10H20N2. The summed E-state index contributed by atoms with van der Waals surface area (Å²) in [6, 6.07) is 0. The van der Waals surface area contributed by atoms with E-state index in [4.69, 9.17) is 5.73 Å². The van der Waals surface area contributed by atoms with Crippen molar-refractivity contribution in [1.82, 2.24) is 4.90 Å². The first kappa shape index (κ1) is 8.52. The first-order valence-corrected chi connectivity index (χ1v) is 5.20. The van der Waals surface area contributed by atoms with Crippen LogP contribution in [0.2, 0.25) is 0 Å². The van der Waals surface area contributed by atoms with Gasteiger partial charge in [0, 0.05) is 13.1 Å². The van der Waals surface area contributed by atoms with Crippen molar-refractivity contribution in [2.45, 2.75) is 19.3 Å². The standard InChI is InChI=1S/C10H20N2/c1-12-6-9(5-11)10(7-12)8-3-2-4-8/h8-10H,2-7,11H2,1H3. The number of hydrogen-bond donors (Lipinski definition) is 1. The highest BCUT2D eigenvalue weighted by Gasteiger charge is 2.37. The van der Waals surface area contributed by atoms with Crippen LogP contribution in [0.1, 0.15) is 19.3 Å². The van der Waals surface area contributed by atoms with E-state index >= 15 is 0 Å². The molecule has 2 aliphatic rings. The molecule has 0 aromatic rings. The van der Waals surface area contributed by atoms with Gasteiger partial charge in [0.25, 0.3) is 0 Å². The molecule has 0 bridgehead atoms. The Bertz CT molecular complexity index is 154. The Hall–Kier alpha value is -0.0800. The van der Waals surface area contributed by atoms with Crippen molar-refractivity contribution in [3.05, 3.63) is 0 Å². The molecule has 0 aromatic carbocycles. The van der Waals surface area contributed by atoms with Crippen LogP contribution in [-0.4, -0.2) is 31.6 Å². The first-order valence-electron chi connectivity index (χ1n) is 5.20. The van der Waals surface area contributed by atoms with Crippen molar-refractivity contribution < 1.29 is 0 Å². The molecule has 1 saturated heterocycles. The van der Waals surface area contributed by atoms with Gasteiger partial charge in [0.15, 0.2) is 0 Å². The van der Waals surface area contributed by atoms with Gasteiger partial charge >= 0.3 is 0 Å². The summed E-state index contributed by atoms with van der Waals surface area (Å²) in [7, 11) is 2.22. The highest BCUT2D eigenvalue weighted by Crippen LogP contribution is 2.40. The lowest BCUT2D eigenvalue weighted by Crippen LogP contribution is -2.31. The van der Waals surface area contributed by atoms with Crippen molar-refractivity contribution in [2.75, 3.05) is 26.7 Å². The predicted molar refractivity (Wildman–Crippen MR) is 50.9 cm³/mol. The van der Waals surface area contributed by atoms with Crippen molar-refractivity contribution in [2.24, 2.45) is 23.5 Å². The zero-order chi connectivity index (χ0) is 8.55. The van der Waals surface area contributed by atoms with Gasteiger partial charge < -0.3 is 10.6 Å². The lowest BCUT2D eigenvalue weighted by molar-refractivity contribution is 0.178. The first-order chi connectivity index (χ1) is 5.81. The lowest BCUT2D eigenvalue weighted by Gasteiger charge is -2.34. The van der Waals surface area contributed by atoms with E-state index in [0.717, 1.165) is 24.3 Å². The molecule has 2 nitrogen and oxygen atoms in total. The van der Waals surface area contributed by atoms with Crippen LogP contribution >= 0.6 is 0 Å². The molecule has 0 aromatic heterocycles. The Kier molecular flexibility index (Phi) is 2.37. The molecule has 2 fully saturated rings. The molecule has 0 radical (unpaired) electrons. The SMILES string of the molecule is CN1CC(CN)C(C2CCC2)C1. The van der Waals surface area contributed by atoms with Crippen molar-refractivity contribution >= 4 is 0 Å². The number of nitrogens with zero attached hydrogens (tertiary/aromatic N) is 1. The Morgan fingerprint density at radius 1 is 1.33 bits per heavy atom.